The van der Waals surface area contributed by atoms with Crippen LogP contribution in [0, 0.1) is 0 Å². The normalized spacial score (nSPS) is 16.8. The van der Waals surface area contributed by atoms with Gasteiger partial charge in [0.15, 0.2) is 0 Å². The summed E-state index contributed by atoms with van der Waals surface area (Å²) in [7, 11) is 0. The number of rotatable bonds is 5. The molecule has 1 heterocycles. The summed E-state index contributed by atoms with van der Waals surface area (Å²) in [5.74, 6) is -0.198. The molecule has 19 heavy (non-hydrogen) atoms. The maximum absolute atomic E-state index is 11.8. The molecule has 1 aromatic carbocycles. The fraction of sp³-hybridized carbons (Fsp3) is 0.429. The summed E-state index contributed by atoms with van der Waals surface area (Å²) in [5, 5.41) is 3.85. The second-order valence-corrected chi connectivity index (χ2v) is 5.05. The molecule has 0 saturated carbocycles. The van der Waals surface area contributed by atoms with Gasteiger partial charge in [-0.15, -0.1) is 0 Å². The number of carbonyl (C=O) groups is 2. The molecule has 1 aliphatic heterocycles. The van der Waals surface area contributed by atoms with Crippen LogP contribution in [0.3, 0.4) is 0 Å². The molecule has 0 radical (unpaired) electrons. The van der Waals surface area contributed by atoms with E-state index in [2.05, 4.69) is 5.32 Å². The van der Waals surface area contributed by atoms with Gasteiger partial charge in [0.05, 0.1) is 0 Å². The van der Waals surface area contributed by atoms with E-state index in [1.807, 2.05) is 19.1 Å². The maximum Gasteiger partial charge on any atom is 0.231 e. The van der Waals surface area contributed by atoms with Crippen LogP contribution in [0.4, 0.5) is 5.69 Å². The summed E-state index contributed by atoms with van der Waals surface area (Å²) < 4.78 is 0. The van der Waals surface area contributed by atoms with Crippen molar-refractivity contribution in [1.82, 2.24) is 4.90 Å². The highest BCUT2D eigenvalue weighted by Gasteiger charge is 2.34. The minimum Gasteiger partial charge on any atom is -0.365 e. The Balaban J connectivity index is 2.16. The number of imide groups is 1. The lowest BCUT2D eigenvalue weighted by Crippen LogP contribution is -2.44. The summed E-state index contributed by atoms with van der Waals surface area (Å²) in [4.78, 5) is 24.9. The first kappa shape index (κ1) is 13.9. The average molecular weight is 281 g/mol. The first-order valence-electron chi connectivity index (χ1n) is 6.49. The van der Waals surface area contributed by atoms with Crippen molar-refractivity contribution in [2.75, 3.05) is 5.32 Å². The second kappa shape index (κ2) is 6.06. The zero-order valence-corrected chi connectivity index (χ0v) is 11.6. The van der Waals surface area contributed by atoms with Crippen molar-refractivity contribution in [3.63, 3.8) is 0 Å². The summed E-state index contributed by atoms with van der Waals surface area (Å²) in [5.41, 5.74) is 0.818. The number of hydrogen-bond acceptors (Lipinski definition) is 3. The summed E-state index contributed by atoms with van der Waals surface area (Å²) in [6, 6.07) is 7.28. The Morgan fingerprint density at radius 1 is 1.32 bits per heavy atom. The van der Waals surface area contributed by atoms with Crippen LogP contribution in [0.1, 0.15) is 32.6 Å². The molecule has 1 N–H and O–H groups in total. The van der Waals surface area contributed by atoms with Crippen molar-refractivity contribution < 1.29 is 9.59 Å². The van der Waals surface area contributed by atoms with E-state index in [0.29, 0.717) is 17.9 Å². The van der Waals surface area contributed by atoms with Gasteiger partial charge < -0.3 is 5.32 Å². The van der Waals surface area contributed by atoms with Crippen LogP contribution in [0.25, 0.3) is 0 Å². The molecule has 1 saturated heterocycles. The van der Waals surface area contributed by atoms with Gasteiger partial charge in [0.1, 0.15) is 6.17 Å². The van der Waals surface area contributed by atoms with Crippen molar-refractivity contribution in [3.05, 3.63) is 29.3 Å². The van der Waals surface area contributed by atoms with Crippen LogP contribution in [-0.2, 0) is 9.59 Å². The number of anilines is 1. The average Bonchev–Trinajstić information content (AvgIpc) is 2.69. The lowest BCUT2D eigenvalue weighted by atomic mass is 10.2. The highest BCUT2D eigenvalue weighted by molar-refractivity contribution is 6.30. The van der Waals surface area contributed by atoms with Gasteiger partial charge in [0.25, 0.3) is 0 Å². The molecule has 0 aromatic heterocycles. The zero-order valence-electron chi connectivity index (χ0n) is 10.9. The molecule has 1 aliphatic rings. The van der Waals surface area contributed by atoms with E-state index < -0.39 is 0 Å². The Hall–Kier alpha value is -1.55. The molecule has 4 nitrogen and oxygen atoms in total. The third kappa shape index (κ3) is 3.26. The standard InChI is InChI=1S/C14H17ClN2O2/c1-2-4-12(17-13(18)7-8-14(17)19)16-11-6-3-5-10(15)9-11/h3,5-6,9,12,16H,2,4,7-8H2,1H3/t12-/m0/s1. The van der Waals surface area contributed by atoms with Gasteiger partial charge in [0, 0.05) is 23.6 Å². The van der Waals surface area contributed by atoms with Gasteiger partial charge >= 0.3 is 0 Å². The van der Waals surface area contributed by atoms with Crippen LogP contribution < -0.4 is 5.32 Å². The molecule has 2 amide bonds. The molecule has 1 fully saturated rings. The summed E-state index contributed by atoms with van der Waals surface area (Å²) in [6.07, 6.45) is 1.96. The predicted molar refractivity (Wildman–Crippen MR) is 74.9 cm³/mol. The van der Waals surface area contributed by atoms with Crippen LogP contribution in [0.2, 0.25) is 5.02 Å². The first-order chi connectivity index (χ1) is 9.11. The minimum absolute atomic E-state index is 0.0991. The van der Waals surface area contributed by atoms with E-state index in [0.717, 1.165) is 18.5 Å². The molecular formula is C14H17ClN2O2. The Labute approximate surface area is 117 Å². The van der Waals surface area contributed by atoms with E-state index in [9.17, 15) is 9.59 Å². The fourth-order valence-electron chi connectivity index (χ4n) is 2.25. The van der Waals surface area contributed by atoms with Crippen LogP contribution in [0.5, 0.6) is 0 Å². The SMILES string of the molecule is CCC[C@@H](Nc1cccc(Cl)c1)N1C(=O)CCC1=O. The Kier molecular flexibility index (Phi) is 4.43. The van der Waals surface area contributed by atoms with Gasteiger partial charge in [0.2, 0.25) is 11.8 Å². The lowest BCUT2D eigenvalue weighted by Gasteiger charge is -2.27. The molecule has 0 unspecified atom stereocenters. The highest BCUT2D eigenvalue weighted by atomic mass is 35.5. The number of nitrogens with one attached hydrogen (secondary N) is 1. The number of amides is 2. The van der Waals surface area contributed by atoms with Gasteiger partial charge in [-0.3, -0.25) is 14.5 Å². The van der Waals surface area contributed by atoms with Crippen LogP contribution in [0.15, 0.2) is 24.3 Å². The van der Waals surface area contributed by atoms with Gasteiger partial charge in [-0.25, -0.2) is 0 Å². The van der Waals surface area contributed by atoms with Crippen molar-refractivity contribution in [2.24, 2.45) is 0 Å². The quantitative estimate of drug-likeness (QED) is 0.844. The van der Waals surface area contributed by atoms with E-state index in [1.54, 1.807) is 12.1 Å². The molecular weight excluding hydrogens is 264 g/mol. The van der Waals surface area contributed by atoms with E-state index in [-0.39, 0.29) is 18.0 Å². The van der Waals surface area contributed by atoms with Crippen LogP contribution >= 0.6 is 11.6 Å². The second-order valence-electron chi connectivity index (χ2n) is 4.62. The molecule has 0 aliphatic carbocycles. The predicted octanol–water partition coefficient (Wildman–Crippen LogP) is 3.03. The molecule has 1 aromatic rings. The Bertz CT molecular complexity index is 474. The molecule has 2 rings (SSSR count). The Morgan fingerprint density at radius 3 is 2.58 bits per heavy atom. The van der Waals surface area contributed by atoms with Crippen molar-refractivity contribution in [1.29, 1.82) is 0 Å². The topological polar surface area (TPSA) is 49.4 Å². The van der Waals surface area contributed by atoms with E-state index in [4.69, 9.17) is 11.6 Å². The fourth-order valence-corrected chi connectivity index (χ4v) is 2.44. The summed E-state index contributed by atoms with van der Waals surface area (Å²) >= 11 is 5.93. The number of nitrogens with zero attached hydrogens (tertiary/aromatic N) is 1. The third-order valence-corrected chi connectivity index (χ3v) is 3.36. The first-order valence-corrected chi connectivity index (χ1v) is 6.86. The number of hydrogen-bond donors (Lipinski definition) is 1. The van der Waals surface area contributed by atoms with Gasteiger partial charge in [-0.05, 0) is 24.6 Å². The smallest absolute Gasteiger partial charge is 0.231 e. The molecule has 5 heteroatoms. The van der Waals surface area contributed by atoms with Crippen molar-refractivity contribution >= 4 is 29.1 Å². The van der Waals surface area contributed by atoms with Crippen molar-refractivity contribution in [3.8, 4) is 0 Å². The number of likely N-dealkylation sites (tertiary alicyclic amines) is 1. The number of carbonyl (C=O) groups excluding carboxylic acids is 2. The van der Waals surface area contributed by atoms with Crippen LogP contribution in [-0.4, -0.2) is 22.9 Å². The summed E-state index contributed by atoms with van der Waals surface area (Å²) in [6.45, 7) is 2.03. The molecule has 0 spiro atoms. The monoisotopic (exact) mass is 280 g/mol. The Morgan fingerprint density at radius 2 is 2.00 bits per heavy atom. The van der Waals surface area contributed by atoms with E-state index >= 15 is 0 Å². The molecule has 102 valence electrons. The largest absolute Gasteiger partial charge is 0.365 e. The molecule has 0 bridgehead atoms. The number of benzene rings is 1. The van der Waals surface area contributed by atoms with Gasteiger partial charge in [-0.1, -0.05) is 31.0 Å². The van der Waals surface area contributed by atoms with E-state index in [1.165, 1.54) is 4.90 Å². The zero-order chi connectivity index (χ0) is 13.8. The molecule has 1 atom stereocenters. The highest BCUT2D eigenvalue weighted by Crippen LogP contribution is 2.22. The number of halogens is 1. The van der Waals surface area contributed by atoms with Crippen molar-refractivity contribution in [2.45, 2.75) is 38.8 Å². The lowest BCUT2D eigenvalue weighted by molar-refractivity contribution is -0.140. The van der Waals surface area contributed by atoms with Gasteiger partial charge in [-0.2, -0.15) is 0 Å². The minimum atomic E-state index is -0.286. The third-order valence-electron chi connectivity index (χ3n) is 3.12. The maximum atomic E-state index is 11.8.